The highest BCUT2D eigenvalue weighted by molar-refractivity contribution is 5.16. The Hall–Kier alpha value is -0.300. The van der Waals surface area contributed by atoms with Crippen molar-refractivity contribution in [2.75, 3.05) is 0 Å². The van der Waals surface area contributed by atoms with Crippen molar-refractivity contribution in [2.24, 2.45) is 23.7 Å². The van der Waals surface area contributed by atoms with E-state index in [4.69, 9.17) is 0 Å². The van der Waals surface area contributed by atoms with Crippen molar-refractivity contribution in [1.29, 1.82) is 0 Å². The van der Waals surface area contributed by atoms with E-state index < -0.39 is 0 Å². The second-order valence-electron chi connectivity index (χ2n) is 4.36. The molecule has 1 N–H and O–H groups in total. The van der Waals surface area contributed by atoms with Gasteiger partial charge in [0.15, 0.2) is 0 Å². The standard InChI is InChI=1S/C10H14O/c11-9-4-3-8-6-1-2-7(5-6)10(8)9/h3-4,6-11H,1-2,5H2/t6-,7+,8?,9?,10-/m1/s1. The van der Waals surface area contributed by atoms with Crippen LogP contribution in [0.4, 0.5) is 0 Å². The molecule has 3 aliphatic carbocycles. The molecule has 0 aliphatic heterocycles. The second kappa shape index (κ2) is 1.89. The molecule has 2 saturated carbocycles. The van der Waals surface area contributed by atoms with Crippen LogP contribution in [0.1, 0.15) is 19.3 Å². The Morgan fingerprint density at radius 2 is 1.91 bits per heavy atom. The zero-order valence-electron chi connectivity index (χ0n) is 6.61. The molecule has 0 aromatic carbocycles. The summed E-state index contributed by atoms with van der Waals surface area (Å²) < 4.78 is 0. The average Bonchev–Trinajstić information content (AvgIpc) is 2.60. The molecular formula is C10H14O. The lowest BCUT2D eigenvalue weighted by molar-refractivity contribution is 0.105. The third-order valence-electron chi connectivity index (χ3n) is 3.97. The zero-order chi connectivity index (χ0) is 7.42. The molecule has 11 heavy (non-hydrogen) atoms. The molecule has 0 radical (unpaired) electrons. The van der Waals surface area contributed by atoms with Crippen molar-refractivity contribution >= 4 is 0 Å². The fourth-order valence-corrected chi connectivity index (χ4v) is 3.54. The van der Waals surface area contributed by atoms with E-state index in [1.165, 1.54) is 19.3 Å². The van der Waals surface area contributed by atoms with Gasteiger partial charge >= 0.3 is 0 Å². The van der Waals surface area contributed by atoms with Gasteiger partial charge in [-0.1, -0.05) is 12.2 Å². The summed E-state index contributed by atoms with van der Waals surface area (Å²) in [7, 11) is 0. The predicted molar refractivity (Wildman–Crippen MR) is 43.0 cm³/mol. The number of aliphatic hydroxyl groups is 1. The van der Waals surface area contributed by atoms with E-state index >= 15 is 0 Å². The Labute approximate surface area is 67.1 Å². The van der Waals surface area contributed by atoms with Crippen LogP contribution in [-0.4, -0.2) is 11.2 Å². The SMILES string of the molecule is OC1C=CC2[C@@H]3CC[C@@H](C3)[C@@H]12. The maximum Gasteiger partial charge on any atom is 0.0757 e. The monoisotopic (exact) mass is 150 g/mol. The van der Waals surface area contributed by atoms with Crippen molar-refractivity contribution in [3.63, 3.8) is 0 Å². The third kappa shape index (κ3) is 0.652. The summed E-state index contributed by atoms with van der Waals surface area (Å²) in [4.78, 5) is 0. The van der Waals surface area contributed by atoms with Crippen molar-refractivity contribution in [2.45, 2.75) is 25.4 Å². The Balaban J connectivity index is 1.96. The molecule has 0 amide bonds. The second-order valence-corrected chi connectivity index (χ2v) is 4.36. The first-order valence-electron chi connectivity index (χ1n) is 4.72. The quantitative estimate of drug-likeness (QED) is 0.520. The Kier molecular flexibility index (Phi) is 1.07. The van der Waals surface area contributed by atoms with Gasteiger partial charge in [-0.25, -0.2) is 0 Å². The molecule has 3 rings (SSSR count). The zero-order valence-corrected chi connectivity index (χ0v) is 6.61. The lowest BCUT2D eigenvalue weighted by Crippen LogP contribution is -2.25. The van der Waals surface area contributed by atoms with Crippen LogP contribution in [0.5, 0.6) is 0 Å². The number of rotatable bonds is 0. The largest absolute Gasteiger partial charge is 0.389 e. The molecule has 1 nitrogen and oxygen atoms in total. The maximum absolute atomic E-state index is 9.63. The first-order valence-corrected chi connectivity index (χ1v) is 4.72. The fourth-order valence-electron chi connectivity index (χ4n) is 3.54. The normalized spacial score (nSPS) is 58.8. The Bertz CT molecular complexity index is 209. The molecule has 0 aromatic rings. The highest BCUT2D eigenvalue weighted by Crippen LogP contribution is 2.56. The summed E-state index contributed by atoms with van der Waals surface area (Å²) in [6.45, 7) is 0. The molecule has 1 heteroatoms. The minimum absolute atomic E-state index is 0.102. The van der Waals surface area contributed by atoms with Gasteiger partial charge in [0.25, 0.3) is 0 Å². The summed E-state index contributed by atoms with van der Waals surface area (Å²) in [5.41, 5.74) is 0. The van der Waals surface area contributed by atoms with E-state index in [0.717, 1.165) is 17.8 Å². The van der Waals surface area contributed by atoms with Crippen LogP contribution in [0, 0.1) is 23.7 Å². The minimum atomic E-state index is -0.102. The fraction of sp³-hybridized carbons (Fsp3) is 0.800. The number of hydrogen-bond donors (Lipinski definition) is 1. The van der Waals surface area contributed by atoms with E-state index in [1.54, 1.807) is 0 Å². The topological polar surface area (TPSA) is 20.2 Å². The summed E-state index contributed by atoms with van der Waals surface area (Å²) in [5.74, 6) is 3.16. The van der Waals surface area contributed by atoms with E-state index in [2.05, 4.69) is 6.08 Å². The van der Waals surface area contributed by atoms with Crippen LogP contribution in [0.25, 0.3) is 0 Å². The van der Waals surface area contributed by atoms with Crippen molar-refractivity contribution in [3.05, 3.63) is 12.2 Å². The molecule has 0 spiro atoms. The lowest BCUT2D eigenvalue weighted by atomic mass is 9.80. The predicted octanol–water partition coefficient (Wildman–Crippen LogP) is 1.58. The van der Waals surface area contributed by atoms with Crippen LogP contribution in [0.15, 0.2) is 12.2 Å². The van der Waals surface area contributed by atoms with Gasteiger partial charge in [-0.2, -0.15) is 0 Å². The molecule has 2 unspecified atom stereocenters. The van der Waals surface area contributed by atoms with Crippen LogP contribution >= 0.6 is 0 Å². The summed E-state index contributed by atoms with van der Waals surface area (Å²) in [6.07, 6.45) is 8.37. The molecular weight excluding hydrogens is 136 g/mol. The lowest BCUT2D eigenvalue weighted by Gasteiger charge is -2.26. The molecule has 3 aliphatic rings. The molecule has 5 atom stereocenters. The summed E-state index contributed by atoms with van der Waals surface area (Å²) in [6, 6.07) is 0. The van der Waals surface area contributed by atoms with Gasteiger partial charge in [0.05, 0.1) is 6.10 Å². The minimum Gasteiger partial charge on any atom is -0.389 e. The highest BCUT2D eigenvalue weighted by atomic mass is 16.3. The van der Waals surface area contributed by atoms with E-state index in [1.807, 2.05) is 6.08 Å². The van der Waals surface area contributed by atoms with Gasteiger partial charge in [-0.05, 0) is 42.9 Å². The molecule has 0 aromatic heterocycles. The van der Waals surface area contributed by atoms with Crippen LogP contribution in [0.2, 0.25) is 0 Å². The Morgan fingerprint density at radius 3 is 2.73 bits per heavy atom. The first kappa shape index (κ1) is 6.24. The Morgan fingerprint density at radius 1 is 1.09 bits per heavy atom. The van der Waals surface area contributed by atoms with Gasteiger partial charge in [-0.3, -0.25) is 0 Å². The van der Waals surface area contributed by atoms with Gasteiger partial charge in [-0.15, -0.1) is 0 Å². The third-order valence-corrected chi connectivity index (χ3v) is 3.97. The number of hydrogen-bond acceptors (Lipinski definition) is 1. The van der Waals surface area contributed by atoms with Crippen molar-refractivity contribution in [1.82, 2.24) is 0 Å². The van der Waals surface area contributed by atoms with E-state index in [0.29, 0.717) is 5.92 Å². The number of aliphatic hydroxyl groups excluding tert-OH is 1. The first-order chi connectivity index (χ1) is 5.36. The van der Waals surface area contributed by atoms with E-state index in [-0.39, 0.29) is 6.10 Å². The number of allylic oxidation sites excluding steroid dienone is 1. The van der Waals surface area contributed by atoms with Gasteiger partial charge in [0.1, 0.15) is 0 Å². The smallest absolute Gasteiger partial charge is 0.0757 e. The van der Waals surface area contributed by atoms with Crippen molar-refractivity contribution < 1.29 is 5.11 Å². The summed E-state index contributed by atoms with van der Waals surface area (Å²) >= 11 is 0. The highest BCUT2D eigenvalue weighted by Gasteiger charge is 2.50. The van der Waals surface area contributed by atoms with Crippen molar-refractivity contribution in [3.8, 4) is 0 Å². The molecule has 2 bridgehead atoms. The van der Waals surface area contributed by atoms with Gasteiger partial charge in [0.2, 0.25) is 0 Å². The van der Waals surface area contributed by atoms with Crippen LogP contribution in [-0.2, 0) is 0 Å². The average molecular weight is 150 g/mol. The number of fused-ring (bicyclic) bond motifs is 5. The van der Waals surface area contributed by atoms with Gasteiger partial charge in [0, 0.05) is 0 Å². The molecule has 0 saturated heterocycles. The van der Waals surface area contributed by atoms with Crippen LogP contribution in [0.3, 0.4) is 0 Å². The molecule has 60 valence electrons. The molecule has 2 fully saturated rings. The maximum atomic E-state index is 9.63. The van der Waals surface area contributed by atoms with Gasteiger partial charge < -0.3 is 5.11 Å². The molecule has 0 heterocycles. The summed E-state index contributed by atoms with van der Waals surface area (Å²) in [5, 5.41) is 9.63. The van der Waals surface area contributed by atoms with E-state index in [9.17, 15) is 5.11 Å². The van der Waals surface area contributed by atoms with Crippen LogP contribution < -0.4 is 0 Å².